The SMILES string of the molecule is CC1CNC(C(=O)NCc2cccc(NC(=O)NC3CC3)c2)C(C)C1. The first kappa shape index (κ1) is 17.7. The Morgan fingerprint density at radius 3 is 2.76 bits per heavy atom. The number of carbonyl (C=O) groups is 2. The predicted molar refractivity (Wildman–Crippen MR) is 98.2 cm³/mol. The minimum atomic E-state index is -0.168. The van der Waals surface area contributed by atoms with Crippen LogP contribution in [0.15, 0.2) is 24.3 Å². The van der Waals surface area contributed by atoms with Gasteiger partial charge in [-0.15, -0.1) is 0 Å². The molecule has 1 aromatic carbocycles. The lowest BCUT2D eigenvalue weighted by molar-refractivity contribution is -0.125. The fourth-order valence-electron chi connectivity index (χ4n) is 3.37. The Morgan fingerprint density at radius 1 is 1.24 bits per heavy atom. The van der Waals surface area contributed by atoms with Crippen LogP contribution in [-0.2, 0) is 11.3 Å². The molecule has 2 fully saturated rings. The highest BCUT2D eigenvalue weighted by Crippen LogP contribution is 2.21. The van der Waals surface area contributed by atoms with Crippen molar-refractivity contribution in [3.8, 4) is 0 Å². The van der Waals surface area contributed by atoms with Crippen LogP contribution in [0.25, 0.3) is 0 Å². The second-order valence-electron chi connectivity index (χ2n) is 7.49. The fourth-order valence-corrected chi connectivity index (χ4v) is 3.37. The van der Waals surface area contributed by atoms with Crippen molar-refractivity contribution in [2.24, 2.45) is 11.8 Å². The molecule has 1 saturated carbocycles. The van der Waals surface area contributed by atoms with Gasteiger partial charge in [-0.25, -0.2) is 4.79 Å². The smallest absolute Gasteiger partial charge is 0.319 e. The first-order valence-electron chi connectivity index (χ1n) is 9.19. The summed E-state index contributed by atoms with van der Waals surface area (Å²) in [6.07, 6.45) is 3.19. The van der Waals surface area contributed by atoms with E-state index in [2.05, 4.69) is 35.1 Å². The average molecular weight is 344 g/mol. The lowest BCUT2D eigenvalue weighted by atomic mass is 9.86. The summed E-state index contributed by atoms with van der Waals surface area (Å²) in [7, 11) is 0. The number of carbonyl (C=O) groups excluding carboxylic acids is 2. The van der Waals surface area contributed by atoms with Crippen molar-refractivity contribution in [2.45, 2.75) is 51.7 Å². The van der Waals surface area contributed by atoms with Crippen molar-refractivity contribution >= 4 is 17.6 Å². The van der Waals surface area contributed by atoms with E-state index in [9.17, 15) is 9.59 Å². The Bertz CT molecular complexity index is 630. The molecule has 0 aromatic heterocycles. The van der Waals surface area contributed by atoms with Crippen molar-refractivity contribution in [1.82, 2.24) is 16.0 Å². The van der Waals surface area contributed by atoms with Gasteiger partial charge < -0.3 is 21.3 Å². The predicted octanol–water partition coefficient (Wildman–Crippen LogP) is 2.22. The van der Waals surface area contributed by atoms with Crippen molar-refractivity contribution in [1.29, 1.82) is 0 Å². The number of hydrogen-bond acceptors (Lipinski definition) is 3. The van der Waals surface area contributed by atoms with Crippen LogP contribution in [0.1, 0.15) is 38.7 Å². The summed E-state index contributed by atoms with van der Waals surface area (Å²) in [6, 6.07) is 7.62. The van der Waals surface area contributed by atoms with Crippen LogP contribution in [0.2, 0.25) is 0 Å². The second-order valence-corrected chi connectivity index (χ2v) is 7.49. The molecule has 0 spiro atoms. The van der Waals surface area contributed by atoms with Gasteiger partial charge in [-0.3, -0.25) is 4.79 Å². The van der Waals surface area contributed by atoms with Gasteiger partial charge in [0.25, 0.3) is 0 Å². The molecule has 6 heteroatoms. The number of benzene rings is 1. The van der Waals surface area contributed by atoms with E-state index in [1.807, 2.05) is 24.3 Å². The van der Waals surface area contributed by atoms with E-state index in [0.717, 1.165) is 37.1 Å². The Kier molecular flexibility index (Phi) is 5.58. The molecule has 0 bridgehead atoms. The van der Waals surface area contributed by atoms with Crippen LogP contribution in [0.4, 0.5) is 10.5 Å². The van der Waals surface area contributed by atoms with Gasteiger partial charge in [-0.05, 0) is 55.3 Å². The Labute approximate surface area is 149 Å². The summed E-state index contributed by atoms with van der Waals surface area (Å²) in [5.41, 5.74) is 1.71. The molecule has 1 aromatic rings. The van der Waals surface area contributed by atoms with Gasteiger partial charge in [-0.2, -0.15) is 0 Å². The highest BCUT2D eigenvalue weighted by atomic mass is 16.2. The molecular weight excluding hydrogens is 316 g/mol. The minimum absolute atomic E-state index is 0.0456. The molecule has 1 saturated heterocycles. The van der Waals surface area contributed by atoms with Crippen LogP contribution in [0.5, 0.6) is 0 Å². The molecule has 3 atom stereocenters. The Morgan fingerprint density at radius 2 is 2.04 bits per heavy atom. The Hall–Kier alpha value is -2.08. The van der Waals surface area contributed by atoms with Crippen molar-refractivity contribution in [3.63, 3.8) is 0 Å². The first-order valence-corrected chi connectivity index (χ1v) is 9.19. The van der Waals surface area contributed by atoms with Gasteiger partial charge in [0.15, 0.2) is 0 Å². The van der Waals surface area contributed by atoms with Crippen molar-refractivity contribution < 1.29 is 9.59 Å². The van der Waals surface area contributed by atoms with Crippen molar-refractivity contribution in [3.05, 3.63) is 29.8 Å². The molecule has 2 aliphatic rings. The normalized spacial score (nSPS) is 25.9. The fraction of sp³-hybridized carbons (Fsp3) is 0.579. The third-order valence-electron chi connectivity index (χ3n) is 4.88. The monoisotopic (exact) mass is 344 g/mol. The molecule has 25 heavy (non-hydrogen) atoms. The summed E-state index contributed by atoms with van der Waals surface area (Å²) >= 11 is 0. The molecule has 1 aliphatic carbocycles. The van der Waals surface area contributed by atoms with Gasteiger partial charge in [0, 0.05) is 18.3 Å². The molecule has 1 aliphatic heterocycles. The van der Waals surface area contributed by atoms with E-state index in [4.69, 9.17) is 0 Å². The number of urea groups is 1. The summed E-state index contributed by atoms with van der Waals surface area (Å²) in [4.78, 5) is 24.2. The quantitative estimate of drug-likeness (QED) is 0.661. The summed E-state index contributed by atoms with van der Waals surface area (Å²) < 4.78 is 0. The highest BCUT2D eigenvalue weighted by Gasteiger charge is 2.30. The van der Waals surface area contributed by atoms with Crippen LogP contribution in [0.3, 0.4) is 0 Å². The molecule has 136 valence electrons. The first-order chi connectivity index (χ1) is 12.0. The zero-order valence-corrected chi connectivity index (χ0v) is 15.0. The molecule has 3 rings (SSSR count). The lowest BCUT2D eigenvalue weighted by Crippen LogP contribution is -2.52. The van der Waals surface area contributed by atoms with E-state index in [0.29, 0.717) is 24.4 Å². The molecule has 3 unspecified atom stereocenters. The second kappa shape index (κ2) is 7.87. The van der Waals surface area contributed by atoms with E-state index >= 15 is 0 Å². The number of anilines is 1. The minimum Gasteiger partial charge on any atom is -0.351 e. The molecule has 1 heterocycles. The number of piperidine rings is 1. The zero-order valence-electron chi connectivity index (χ0n) is 15.0. The van der Waals surface area contributed by atoms with Crippen molar-refractivity contribution in [2.75, 3.05) is 11.9 Å². The maximum Gasteiger partial charge on any atom is 0.319 e. The number of amides is 3. The molecule has 0 radical (unpaired) electrons. The largest absolute Gasteiger partial charge is 0.351 e. The number of rotatable bonds is 5. The lowest BCUT2D eigenvalue weighted by Gasteiger charge is -2.32. The van der Waals surface area contributed by atoms with Gasteiger partial charge in [-0.1, -0.05) is 26.0 Å². The highest BCUT2D eigenvalue weighted by molar-refractivity contribution is 5.89. The summed E-state index contributed by atoms with van der Waals surface area (Å²) in [5, 5.41) is 12.1. The topological polar surface area (TPSA) is 82.3 Å². The standard InChI is InChI=1S/C19H28N4O2/c1-12-8-13(2)17(20-10-12)18(24)21-11-14-4-3-5-16(9-14)23-19(25)22-15-6-7-15/h3-5,9,12-13,15,17,20H,6-8,10-11H2,1-2H3,(H,21,24)(H2,22,23,25). The van der Waals surface area contributed by atoms with Gasteiger partial charge in [0.2, 0.25) is 5.91 Å². The van der Waals surface area contributed by atoms with E-state index in [-0.39, 0.29) is 18.0 Å². The Balaban J connectivity index is 1.49. The van der Waals surface area contributed by atoms with Crippen LogP contribution >= 0.6 is 0 Å². The maximum absolute atomic E-state index is 12.4. The number of hydrogen-bond donors (Lipinski definition) is 4. The van der Waals surface area contributed by atoms with E-state index in [1.165, 1.54) is 0 Å². The van der Waals surface area contributed by atoms with Crippen LogP contribution in [0, 0.1) is 11.8 Å². The molecule has 3 amide bonds. The molecular formula is C19H28N4O2. The maximum atomic E-state index is 12.4. The third-order valence-corrected chi connectivity index (χ3v) is 4.88. The van der Waals surface area contributed by atoms with E-state index < -0.39 is 0 Å². The average Bonchev–Trinajstić information content (AvgIpc) is 3.36. The van der Waals surface area contributed by atoms with Gasteiger partial charge in [0.05, 0.1) is 6.04 Å². The van der Waals surface area contributed by atoms with Crippen LogP contribution < -0.4 is 21.3 Å². The van der Waals surface area contributed by atoms with Gasteiger partial charge >= 0.3 is 6.03 Å². The number of nitrogens with one attached hydrogen (secondary N) is 4. The van der Waals surface area contributed by atoms with Crippen LogP contribution in [-0.4, -0.2) is 30.6 Å². The molecule has 4 N–H and O–H groups in total. The summed E-state index contributed by atoms with van der Waals surface area (Å²) in [5.74, 6) is 0.996. The summed E-state index contributed by atoms with van der Waals surface area (Å²) in [6.45, 7) is 5.67. The zero-order chi connectivity index (χ0) is 17.8. The third kappa shape index (κ3) is 5.19. The molecule has 6 nitrogen and oxygen atoms in total. The van der Waals surface area contributed by atoms with E-state index in [1.54, 1.807) is 0 Å². The van der Waals surface area contributed by atoms with Gasteiger partial charge in [0.1, 0.15) is 0 Å².